The highest BCUT2D eigenvalue weighted by Crippen LogP contribution is 2.38. The molecule has 0 saturated heterocycles. The normalized spacial score (nSPS) is 17.1. The molecule has 4 heteroatoms. The third kappa shape index (κ3) is 1.91. The third-order valence-electron chi connectivity index (χ3n) is 2.67. The lowest BCUT2D eigenvalue weighted by Crippen LogP contribution is -1.88. The van der Waals surface area contributed by atoms with Crippen LogP contribution in [0.5, 0.6) is 0 Å². The predicted molar refractivity (Wildman–Crippen MR) is 54.8 cm³/mol. The third-order valence-corrected chi connectivity index (χ3v) is 2.67. The van der Waals surface area contributed by atoms with Crippen molar-refractivity contribution in [2.45, 2.75) is 39.0 Å². The summed E-state index contributed by atoms with van der Waals surface area (Å²) in [4.78, 5) is 4.25. The Balaban J connectivity index is 2.31. The largest absolute Gasteiger partial charge is 0.333 e. The monoisotopic (exact) mass is 203 g/mol. The average molecular weight is 203 g/mol. The zero-order valence-corrected chi connectivity index (χ0v) is 8.95. The lowest BCUT2D eigenvalue weighted by molar-refractivity contribution is 0.401. The van der Waals surface area contributed by atoms with Gasteiger partial charge in [0, 0.05) is 5.92 Å². The Morgan fingerprint density at radius 1 is 1.60 bits per heavy atom. The van der Waals surface area contributed by atoms with Crippen LogP contribution < -0.4 is 0 Å². The Kier molecular flexibility index (Phi) is 2.55. The van der Waals surface area contributed by atoms with Gasteiger partial charge >= 0.3 is 0 Å². The van der Waals surface area contributed by atoms with Crippen LogP contribution in [-0.4, -0.2) is 10.1 Å². The molecule has 1 saturated carbocycles. The summed E-state index contributed by atoms with van der Waals surface area (Å²) in [6.45, 7) is 3.92. The Bertz CT molecular complexity index is 435. The van der Waals surface area contributed by atoms with Crippen molar-refractivity contribution in [3.05, 3.63) is 17.3 Å². The van der Waals surface area contributed by atoms with E-state index in [2.05, 4.69) is 16.2 Å². The minimum Gasteiger partial charge on any atom is -0.333 e. The maximum absolute atomic E-state index is 9.01. The fourth-order valence-corrected chi connectivity index (χ4v) is 1.35. The van der Waals surface area contributed by atoms with Crippen LogP contribution in [0, 0.1) is 11.3 Å². The van der Waals surface area contributed by atoms with E-state index in [9.17, 15) is 0 Å². The minimum absolute atomic E-state index is 0.374. The van der Waals surface area contributed by atoms with Crippen molar-refractivity contribution < 1.29 is 4.52 Å². The second-order valence-electron chi connectivity index (χ2n) is 3.85. The molecule has 0 unspecified atom stereocenters. The molecule has 0 aromatic carbocycles. The lowest BCUT2D eigenvalue weighted by Gasteiger charge is -1.95. The Morgan fingerprint density at radius 3 is 2.87 bits per heavy atom. The van der Waals surface area contributed by atoms with Gasteiger partial charge in [-0.2, -0.15) is 10.2 Å². The summed E-state index contributed by atoms with van der Waals surface area (Å²) in [6.07, 6.45) is 3.10. The number of nitriles is 1. The molecule has 0 spiro atoms. The van der Waals surface area contributed by atoms with Crippen LogP contribution in [-0.2, 0) is 0 Å². The SMILES string of the molecule is CC/C(C)=C(/C#N)c1nc(C2CC2)no1. The number of hydrogen-bond acceptors (Lipinski definition) is 4. The van der Waals surface area contributed by atoms with Gasteiger partial charge in [-0.05, 0) is 26.2 Å². The number of nitrogens with zero attached hydrogens (tertiary/aromatic N) is 3. The molecular formula is C11H13N3O. The first-order chi connectivity index (χ1) is 7.26. The molecule has 0 radical (unpaired) electrons. The molecule has 15 heavy (non-hydrogen) atoms. The fraction of sp³-hybridized carbons (Fsp3) is 0.545. The quantitative estimate of drug-likeness (QED) is 0.708. The van der Waals surface area contributed by atoms with Crippen LogP contribution in [0.4, 0.5) is 0 Å². The van der Waals surface area contributed by atoms with Gasteiger partial charge in [0.2, 0.25) is 0 Å². The van der Waals surface area contributed by atoms with Crippen molar-refractivity contribution in [3.8, 4) is 6.07 Å². The van der Waals surface area contributed by atoms with Gasteiger partial charge in [0.1, 0.15) is 11.6 Å². The van der Waals surface area contributed by atoms with E-state index in [4.69, 9.17) is 9.78 Å². The number of allylic oxidation sites excluding steroid dienone is 2. The van der Waals surface area contributed by atoms with Gasteiger partial charge in [-0.1, -0.05) is 17.7 Å². The van der Waals surface area contributed by atoms with E-state index in [1.807, 2.05) is 13.8 Å². The molecule has 2 rings (SSSR count). The van der Waals surface area contributed by atoms with Crippen LogP contribution >= 0.6 is 0 Å². The van der Waals surface area contributed by atoms with Crippen molar-refractivity contribution in [1.82, 2.24) is 10.1 Å². The van der Waals surface area contributed by atoms with E-state index in [1.54, 1.807) is 0 Å². The summed E-state index contributed by atoms with van der Waals surface area (Å²) >= 11 is 0. The van der Waals surface area contributed by atoms with Gasteiger partial charge in [0.25, 0.3) is 5.89 Å². The van der Waals surface area contributed by atoms with Crippen LogP contribution in [0.15, 0.2) is 10.1 Å². The molecule has 78 valence electrons. The van der Waals surface area contributed by atoms with Gasteiger partial charge in [-0.15, -0.1) is 0 Å². The van der Waals surface area contributed by atoms with Crippen LogP contribution in [0.2, 0.25) is 0 Å². The molecule has 1 heterocycles. The van der Waals surface area contributed by atoms with Crippen molar-refractivity contribution in [2.24, 2.45) is 0 Å². The van der Waals surface area contributed by atoms with Gasteiger partial charge in [-0.3, -0.25) is 0 Å². The summed E-state index contributed by atoms with van der Waals surface area (Å²) in [5, 5.41) is 12.9. The second kappa shape index (κ2) is 3.85. The van der Waals surface area contributed by atoms with Crippen LogP contribution in [0.3, 0.4) is 0 Å². The van der Waals surface area contributed by atoms with Gasteiger partial charge in [0.05, 0.1) is 0 Å². The molecule has 1 aliphatic carbocycles. The summed E-state index contributed by atoms with van der Waals surface area (Å²) in [6, 6.07) is 2.13. The molecule has 1 aromatic heterocycles. The first kappa shape index (κ1) is 9.91. The first-order valence-corrected chi connectivity index (χ1v) is 5.20. The zero-order valence-electron chi connectivity index (χ0n) is 8.95. The van der Waals surface area contributed by atoms with Gasteiger partial charge < -0.3 is 4.52 Å². The minimum atomic E-state index is 0.374. The number of rotatable bonds is 3. The highest BCUT2D eigenvalue weighted by molar-refractivity contribution is 5.74. The van der Waals surface area contributed by atoms with Crippen molar-refractivity contribution in [1.29, 1.82) is 5.26 Å². The summed E-state index contributed by atoms with van der Waals surface area (Å²) < 4.78 is 5.10. The Morgan fingerprint density at radius 2 is 2.33 bits per heavy atom. The van der Waals surface area contributed by atoms with Crippen LogP contribution in [0.1, 0.15) is 50.7 Å². The maximum atomic E-state index is 9.01. The molecule has 1 aliphatic rings. The first-order valence-electron chi connectivity index (χ1n) is 5.20. The molecule has 0 N–H and O–H groups in total. The summed E-state index contributed by atoms with van der Waals surface area (Å²) in [7, 11) is 0. The molecule has 0 aliphatic heterocycles. The Hall–Kier alpha value is -1.63. The molecular weight excluding hydrogens is 190 g/mol. The van der Waals surface area contributed by atoms with E-state index >= 15 is 0 Å². The van der Waals surface area contributed by atoms with Gasteiger partial charge in [-0.25, -0.2) is 0 Å². The summed E-state index contributed by atoms with van der Waals surface area (Å²) in [5.74, 6) is 1.59. The topological polar surface area (TPSA) is 62.7 Å². The highest BCUT2D eigenvalue weighted by Gasteiger charge is 2.29. The van der Waals surface area contributed by atoms with E-state index < -0.39 is 0 Å². The molecule has 0 amide bonds. The maximum Gasteiger partial charge on any atom is 0.268 e. The zero-order chi connectivity index (χ0) is 10.8. The van der Waals surface area contributed by atoms with E-state index in [0.717, 1.165) is 30.7 Å². The highest BCUT2D eigenvalue weighted by atomic mass is 16.5. The Labute approximate surface area is 88.6 Å². The van der Waals surface area contributed by atoms with Gasteiger partial charge in [0.15, 0.2) is 5.82 Å². The van der Waals surface area contributed by atoms with E-state index in [1.165, 1.54) is 0 Å². The van der Waals surface area contributed by atoms with Crippen LogP contribution in [0.25, 0.3) is 5.57 Å². The van der Waals surface area contributed by atoms with Crippen molar-refractivity contribution in [3.63, 3.8) is 0 Å². The molecule has 1 fully saturated rings. The number of aromatic nitrogens is 2. The predicted octanol–water partition coefficient (Wildman–Crippen LogP) is 2.65. The van der Waals surface area contributed by atoms with Crippen molar-refractivity contribution >= 4 is 5.57 Å². The average Bonchev–Trinajstić information content (AvgIpc) is 3.00. The molecule has 0 bridgehead atoms. The standard InChI is InChI=1S/C11H13N3O/c1-3-7(2)9(6-12)11-13-10(14-15-11)8-4-5-8/h8H,3-5H2,1-2H3/b9-7-. The van der Waals surface area contributed by atoms with E-state index in [-0.39, 0.29) is 0 Å². The lowest BCUT2D eigenvalue weighted by atomic mass is 10.1. The van der Waals surface area contributed by atoms with Crippen molar-refractivity contribution in [2.75, 3.05) is 0 Å². The molecule has 1 aromatic rings. The number of hydrogen-bond donors (Lipinski definition) is 0. The fourth-order valence-electron chi connectivity index (χ4n) is 1.35. The molecule has 4 nitrogen and oxygen atoms in total. The van der Waals surface area contributed by atoms with E-state index in [0.29, 0.717) is 17.4 Å². The molecule has 0 atom stereocenters. The smallest absolute Gasteiger partial charge is 0.268 e. The summed E-state index contributed by atoms with van der Waals surface area (Å²) in [5.41, 5.74) is 1.51. The second-order valence-corrected chi connectivity index (χ2v) is 3.85.